The summed E-state index contributed by atoms with van der Waals surface area (Å²) in [4.78, 5) is 7.04. The van der Waals surface area contributed by atoms with Crippen molar-refractivity contribution in [1.29, 1.82) is 0 Å². The van der Waals surface area contributed by atoms with Gasteiger partial charge in [0.2, 0.25) is 0 Å². The van der Waals surface area contributed by atoms with Crippen LogP contribution in [0.2, 0.25) is 0 Å². The second-order valence-corrected chi connectivity index (χ2v) is 15.7. The monoisotopic (exact) mass is 775 g/mol. The molecular weight excluding hydrogens is 739 g/mol. The zero-order valence-electron chi connectivity index (χ0n) is 32.0. The molecule has 0 saturated carbocycles. The van der Waals surface area contributed by atoms with Gasteiger partial charge >= 0.3 is 0 Å². The first-order chi connectivity index (χ1) is 29.2. The molecule has 0 aliphatic rings. The van der Waals surface area contributed by atoms with Crippen LogP contribution in [-0.4, -0.2) is 0 Å². The molecule has 0 aliphatic carbocycles. The molecular formula is C54H37N3OS. The Hall–Kier alpha value is -7.60. The van der Waals surface area contributed by atoms with Crippen LogP contribution >= 0.6 is 11.3 Å². The molecule has 0 fully saturated rings. The first-order valence-corrected chi connectivity index (χ1v) is 20.7. The van der Waals surface area contributed by atoms with E-state index < -0.39 is 0 Å². The average molecular weight is 776 g/mol. The highest BCUT2D eigenvalue weighted by molar-refractivity contribution is 7.25. The van der Waals surface area contributed by atoms with E-state index >= 15 is 0 Å². The molecule has 4 nitrogen and oxygen atoms in total. The van der Waals surface area contributed by atoms with Gasteiger partial charge in [0.25, 0.3) is 0 Å². The Bertz CT molecular complexity index is 3210. The SMILES string of the molecule is c1ccc(N(c2ccccc2)c2cccc(N(c3cccc(N(c4ccccc4)c4ccc5sc6ccccc6c5c4)c3)c3ccc4oc5ccccc5c4c3)c2)cc1. The molecule has 0 N–H and O–H groups in total. The third-order valence-corrected chi connectivity index (χ3v) is 12.1. The summed E-state index contributed by atoms with van der Waals surface area (Å²) in [7, 11) is 0. The maximum absolute atomic E-state index is 6.32. The molecule has 0 spiro atoms. The van der Waals surface area contributed by atoms with Gasteiger partial charge < -0.3 is 19.1 Å². The number of rotatable bonds is 9. The van der Waals surface area contributed by atoms with E-state index in [1.807, 2.05) is 23.5 Å². The van der Waals surface area contributed by atoms with Gasteiger partial charge in [0.1, 0.15) is 11.2 Å². The summed E-state index contributed by atoms with van der Waals surface area (Å²) in [6.07, 6.45) is 0. The van der Waals surface area contributed by atoms with Gasteiger partial charge in [-0.3, -0.25) is 0 Å². The molecule has 280 valence electrons. The Kier molecular flexibility index (Phi) is 8.64. The third-order valence-electron chi connectivity index (χ3n) is 11.0. The van der Waals surface area contributed by atoms with E-state index in [9.17, 15) is 0 Å². The van der Waals surface area contributed by atoms with Gasteiger partial charge in [0.15, 0.2) is 0 Å². The van der Waals surface area contributed by atoms with E-state index in [-0.39, 0.29) is 0 Å². The highest BCUT2D eigenvalue weighted by Gasteiger charge is 2.21. The molecule has 9 aromatic carbocycles. The van der Waals surface area contributed by atoms with E-state index in [4.69, 9.17) is 4.42 Å². The molecule has 0 radical (unpaired) electrons. The highest BCUT2D eigenvalue weighted by atomic mass is 32.1. The lowest BCUT2D eigenvalue weighted by molar-refractivity contribution is 0.669. The summed E-state index contributed by atoms with van der Waals surface area (Å²) in [6.45, 7) is 0. The van der Waals surface area contributed by atoms with E-state index in [1.165, 1.54) is 20.2 Å². The van der Waals surface area contributed by atoms with Crippen LogP contribution < -0.4 is 14.7 Å². The van der Waals surface area contributed by atoms with Crippen molar-refractivity contribution in [3.05, 3.63) is 224 Å². The lowest BCUT2D eigenvalue weighted by Crippen LogP contribution is -2.14. The number of hydrogen-bond donors (Lipinski definition) is 0. The largest absolute Gasteiger partial charge is 0.456 e. The van der Waals surface area contributed by atoms with E-state index in [2.05, 4.69) is 227 Å². The second kappa shape index (κ2) is 14.7. The number of para-hydroxylation sites is 4. The summed E-state index contributed by atoms with van der Waals surface area (Å²) >= 11 is 1.84. The number of nitrogens with zero attached hydrogens (tertiary/aromatic N) is 3. The maximum atomic E-state index is 6.32. The van der Waals surface area contributed by atoms with Gasteiger partial charge in [-0.2, -0.15) is 0 Å². The molecule has 0 amide bonds. The molecule has 2 heterocycles. The fourth-order valence-electron chi connectivity index (χ4n) is 8.32. The van der Waals surface area contributed by atoms with Crippen molar-refractivity contribution in [2.45, 2.75) is 0 Å². The van der Waals surface area contributed by atoms with Gasteiger partial charge in [0.05, 0.1) is 0 Å². The van der Waals surface area contributed by atoms with Crippen molar-refractivity contribution in [3.8, 4) is 0 Å². The predicted molar refractivity (Wildman–Crippen MR) is 251 cm³/mol. The van der Waals surface area contributed by atoms with Gasteiger partial charge in [-0.25, -0.2) is 0 Å². The van der Waals surface area contributed by atoms with Crippen LogP contribution in [0.3, 0.4) is 0 Å². The van der Waals surface area contributed by atoms with Gasteiger partial charge in [-0.1, -0.05) is 103 Å². The van der Waals surface area contributed by atoms with Crippen LogP contribution in [0, 0.1) is 0 Å². The zero-order valence-corrected chi connectivity index (χ0v) is 32.8. The highest BCUT2D eigenvalue weighted by Crippen LogP contribution is 2.45. The molecule has 5 heteroatoms. The van der Waals surface area contributed by atoms with Crippen LogP contribution in [0.15, 0.2) is 229 Å². The topological polar surface area (TPSA) is 22.9 Å². The normalized spacial score (nSPS) is 11.4. The van der Waals surface area contributed by atoms with Crippen LogP contribution in [-0.2, 0) is 0 Å². The molecule has 2 aromatic heterocycles. The second-order valence-electron chi connectivity index (χ2n) is 14.6. The Morgan fingerprint density at radius 2 is 0.644 bits per heavy atom. The van der Waals surface area contributed by atoms with E-state index in [0.717, 1.165) is 73.1 Å². The van der Waals surface area contributed by atoms with Crippen molar-refractivity contribution in [3.63, 3.8) is 0 Å². The Balaban J connectivity index is 1.10. The minimum absolute atomic E-state index is 0.864. The quantitative estimate of drug-likeness (QED) is 0.146. The average Bonchev–Trinajstić information content (AvgIpc) is 3.86. The summed E-state index contributed by atoms with van der Waals surface area (Å²) < 4.78 is 8.90. The summed E-state index contributed by atoms with van der Waals surface area (Å²) in [5, 5.41) is 4.72. The number of benzene rings is 9. The standard InChI is InChI=1S/C54H37N3OS/c1-4-16-38(17-5-1)55(39-18-6-2-7-19-39)41-22-14-24-43(34-41)57(45-30-32-52-49(36-45)47-26-10-12-28-51(47)58-52)44-25-15-23-42(35-44)56(40-20-8-3-9-21-40)46-31-33-54-50(37-46)48-27-11-13-29-53(48)59-54/h1-37H. The third kappa shape index (κ3) is 6.35. The van der Waals surface area contributed by atoms with Crippen molar-refractivity contribution >= 4 is 105 Å². The predicted octanol–water partition coefficient (Wildman–Crippen LogP) is 16.4. The lowest BCUT2D eigenvalue weighted by atomic mass is 10.1. The lowest BCUT2D eigenvalue weighted by Gasteiger charge is -2.31. The first kappa shape index (κ1) is 34.6. The van der Waals surface area contributed by atoms with E-state index in [1.54, 1.807) is 0 Å². The fourth-order valence-corrected chi connectivity index (χ4v) is 9.41. The molecule has 0 aliphatic heterocycles. The molecule has 11 rings (SSSR count). The fraction of sp³-hybridized carbons (Fsp3) is 0. The van der Waals surface area contributed by atoms with E-state index in [0.29, 0.717) is 0 Å². The number of furan rings is 1. The summed E-state index contributed by atoms with van der Waals surface area (Å²) in [5.74, 6) is 0. The van der Waals surface area contributed by atoms with Crippen molar-refractivity contribution in [2.75, 3.05) is 14.7 Å². The Morgan fingerprint density at radius 3 is 1.24 bits per heavy atom. The minimum atomic E-state index is 0.864. The molecule has 0 atom stereocenters. The summed E-state index contributed by atoms with van der Waals surface area (Å²) in [6, 6.07) is 79.9. The van der Waals surface area contributed by atoms with Crippen LogP contribution in [0.5, 0.6) is 0 Å². The smallest absolute Gasteiger partial charge is 0.135 e. The maximum Gasteiger partial charge on any atom is 0.135 e. The van der Waals surface area contributed by atoms with Gasteiger partial charge in [-0.15, -0.1) is 11.3 Å². The van der Waals surface area contributed by atoms with Gasteiger partial charge in [0, 0.05) is 82.1 Å². The van der Waals surface area contributed by atoms with Crippen molar-refractivity contribution < 1.29 is 4.42 Å². The summed E-state index contributed by atoms with van der Waals surface area (Å²) in [5.41, 5.74) is 11.3. The molecule has 11 aromatic rings. The number of fused-ring (bicyclic) bond motifs is 6. The Morgan fingerprint density at radius 1 is 0.254 bits per heavy atom. The Labute approximate surface area is 346 Å². The van der Waals surface area contributed by atoms with Crippen molar-refractivity contribution in [1.82, 2.24) is 0 Å². The zero-order chi connectivity index (χ0) is 39.1. The first-order valence-electron chi connectivity index (χ1n) is 19.8. The number of anilines is 9. The molecule has 59 heavy (non-hydrogen) atoms. The van der Waals surface area contributed by atoms with Crippen LogP contribution in [0.4, 0.5) is 51.2 Å². The number of hydrogen-bond acceptors (Lipinski definition) is 5. The van der Waals surface area contributed by atoms with Crippen LogP contribution in [0.25, 0.3) is 42.1 Å². The molecule has 0 unspecified atom stereocenters. The van der Waals surface area contributed by atoms with Gasteiger partial charge in [-0.05, 0) is 121 Å². The molecule has 0 bridgehead atoms. The van der Waals surface area contributed by atoms with Crippen molar-refractivity contribution in [2.24, 2.45) is 0 Å². The van der Waals surface area contributed by atoms with Crippen LogP contribution in [0.1, 0.15) is 0 Å². The minimum Gasteiger partial charge on any atom is -0.456 e. The molecule has 0 saturated heterocycles. The number of thiophene rings is 1.